The fourth-order valence-electron chi connectivity index (χ4n) is 1.85. The van der Waals surface area contributed by atoms with Crippen LogP contribution in [0.15, 0.2) is 50.3 Å². The van der Waals surface area contributed by atoms with Crippen molar-refractivity contribution in [2.75, 3.05) is 4.72 Å². The molecule has 22 heavy (non-hydrogen) atoms. The van der Waals surface area contributed by atoms with Crippen LogP contribution in [0.2, 0.25) is 5.02 Å². The van der Waals surface area contributed by atoms with E-state index < -0.39 is 10.0 Å². The second kappa shape index (κ2) is 5.47. The maximum absolute atomic E-state index is 12.3. The van der Waals surface area contributed by atoms with Crippen molar-refractivity contribution < 1.29 is 17.3 Å². The number of hydrogen-bond acceptors (Lipinski definition) is 6. The Hall–Kier alpha value is -2.32. The number of anilines is 1. The van der Waals surface area contributed by atoms with Gasteiger partial charge in [-0.1, -0.05) is 16.7 Å². The molecule has 0 unspecified atom stereocenters. The van der Waals surface area contributed by atoms with Gasteiger partial charge in [0.25, 0.3) is 15.9 Å². The van der Waals surface area contributed by atoms with Gasteiger partial charge in [-0.2, -0.15) is 0 Å². The predicted molar refractivity (Wildman–Crippen MR) is 79.0 cm³/mol. The lowest BCUT2D eigenvalue weighted by Crippen LogP contribution is -2.14. The summed E-state index contributed by atoms with van der Waals surface area (Å²) in [5, 5.41) is 7.80. The molecule has 0 atom stereocenters. The first kappa shape index (κ1) is 14.6. The van der Waals surface area contributed by atoms with Crippen LogP contribution in [0.5, 0.6) is 0 Å². The van der Waals surface area contributed by atoms with Crippen LogP contribution in [-0.2, 0) is 10.0 Å². The number of halogens is 1. The molecule has 1 aromatic carbocycles. The molecule has 0 radical (unpaired) electrons. The van der Waals surface area contributed by atoms with Gasteiger partial charge in [0.15, 0.2) is 5.76 Å². The van der Waals surface area contributed by atoms with Crippen LogP contribution < -0.4 is 4.72 Å². The van der Waals surface area contributed by atoms with E-state index in [2.05, 4.69) is 14.9 Å². The van der Waals surface area contributed by atoms with E-state index in [9.17, 15) is 8.42 Å². The number of nitrogens with zero attached hydrogens (tertiary/aromatic N) is 2. The molecule has 0 aliphatic rings. The molecule has 0 aliphatic carbocycles. The minimum absolute atomic E-state index is 0.0784. The molecule has 7 nitrogen and oxygen atoms in total. The van der Waals surface area contributed by atoms with E-state index in [1.165, 1.54) is 18.4 Å². The number of benzene rings is 1. The van der Waals surface area contributed by atoms with Gasteiger partial charge in [0.05, 0.1) is 11.2 Å². The van der Waals surface area contributed by atoms with E-state index in [4.69, 9.17) is 20.4 Å². The molecule has 0 spiro atoms. The minimum Gasteiger partial charge on any atom is -0.459 e. The Kier molecular flexibility index (Phi) is 3.63. The SMILES string of the molecule is Cc1cc(Cl)ccc1S(=O)(=O)Nc1nnc(-c2ccco2)o1. The molecular formula is C13H10ClN3O4S. The van der Waals surface area contributed by atoms with Crippen molar-refractivity contribution in [2.45, 2.75) is 11.8 Å². The van der Waals surface area contributed by atoms with Crippen LogP contribution in [0.3, 0.4) is 0 Å². The molecule has 2 aromatic heterocycles. The highest BCUT2D eigenvalue weighted by molar-refractivity contribution is 7.92. The van der Waals surface area contributed by atoms with Gasteiger partial charge >= 0.3 is 6.01 Å². The Morgan fingerprint density at radius 3 is 2.73 bits per heavy atom. The minimum atomic E-state index is -3.85. The van der Waals surface area contributed by atoms with Gasteiger partial charge in [-0.05, 0) is 42.8 Å². The summed E-state index contributed by atoms with van der Waals surface area (Å²) < 4.78 is 37.2. The van der Waals surface area contributed by atoms with Crippen LogP contribution in [0.25, 0.3) is 11.7 Å². The quantitative estimate of drug-likeness (QED) is 0.784. The lowest BCUT2D eigenvalue weighted by molar-refractivity contribution is 0.524. The summed E-state index contributed by atoms with van der Waals surface area (Å²) in [6.45, 7) is 1.64. The molecule has 3 rings (SSSR count). The van der Waals surface area contributed by atoms with Gasteiger partial charge in [0, 0.05) is 5.02 Å². The van der Waals surface area contributed by atoms with Crippen LogP contribution in [-0.4, -0.2) is 18.6 Å². The Balaban J connectivity index is 1.89. The molecule has 0 saturated heterocycles. The lowest BCUT2D eigenvalue weighted by atomic mass is 10.2. The fourth-order valence-corrected chi connectivity index (χ4v) is 3.23. The number of aromatic nitrogens is 2. The monoisotopic (exact) mass is 339 g/mol. The third kappa shape index (κ3) is 2.83. The van der Waals surface area contributed by atoms with Crippen molar-refractivity contribution in [2.24, 2.45) is 0 Å². The summed E-state index contributed by atoms with van der Waals surface area (Å²) in [6.07, 6.45) is 1.44. The lowest BCUT2D eigenvalue weighted by Gasteiger charge is -2.07. The highest BCUT2D eigenvalue weighted by Crippen LogP contribution is 2.24. The van der Waals surface area contributed by atoms with E-state index >= 15 is 0 Å². The molecule has 9 heteroatoms. The molecule has 3 aromatic rings. The summed E-state index contributed by atoms with van der Waals surface area (Å²) in [5.41, 5.74) is 0.505. The Morgan fingerprint density at radius 1 is 1.23 bits per heavy atom. The standard InChI is InChI=1S/C13H10ClN3O4S/c1-8-7-9(14)4-5-11(8)22(18,19)17-13-16-15-12(21-13)10-3-2-6-20-10/h2-7H,1H3,(H,16,17). The van der Waals surface area contributed by atoms with Gasteiger partial charge in [-0.25, -0.2) is 13.1 Å². The van der Waals surface area contributed by atoms with Gasteiger partial charge < -0.3 is 8.83 Å². The first-order valence-electron chi connectivity index (χ1n) is 6.12. The van der Waals surface area contributed by atoms with Crippen LogP contribution >= 0.6 is 11.6 Å². The Bertz CT molecular complexity index is 903. The molecule has 0 saturated carbocycles. The zero-order valence-corrected chi connectivity index (χ0v) is 12.9. The topological polar surface area (TPSA) is 98.2 Å². The first-order valence-corrected chi connectivity index (χ1v) is 7.98. The summed E-state index contributed by atoms with van der Waals surface area (Å²) in [5.74, 6) is 0.427. The second-order valence-electron chi connectivity index (χ2n) is 4.40. The Morgan fingerprint density at radius 2 is 2.05 bits per heavy atom. The first-order chi connectivity index (χ1) is 10.5. The van der Waals surface area contributed by atoms with Gasteiger partial charge in [-0.15, -0.1) is 5.10 Å². The average Bonchev–Trinajstić information content (AvgIpc) is 3.07. The maximum Gasteiger partial charge on any atom is 0.330 e. The van der Waals surface area contributed by atoms with E-state index in [1.807, 2.05) is 0 Å². The predicted octanol–water partition coefficient (Wildman–Crippen LogP) is 3.09. The zero-order chi connectivity index (χ0) is 15.7. The molecule has 1 N–H and O–H groups in total. The third-order valence-corrected chi connectivity index (χ3v) is 4.52. The van der Waals surface area contributed by atoms with Crippen molar-refractivity contribution in [1.82, 2.24) is 10.2 Å². The van der Waals surface area contributed by atoms with E-state index in [1.54, 1.807) is 25.1 Å². The maximum atomic E-state index is 12.3. The molecular weight excluding hydrogens is 330 g/mol. The van der Waals surface area contributed by atoms with Crippen LogP contribution in [0.1, 0.15) is 5.56 Å². The normalized spacial score (nSPS) is 11.5. The van der Waals surface area contributed by atoms with E-state index in [0.717, 1.165) is 0 Å². The molecule has 0 amide bonds. The number of aryl methyl sites for hydroxylation is 1. The summed E-state index contributed by atoms with van der Waals surface area (Å²) >= 11 is 5.82. The van der Waals surface area contributed by atoms with Crippen LogP contribution in [0, 0.1) is 6.92 Å². The number of nitrogens with one attached hydrogen (secondary N) is 1. The van der Waals surface area contributed by atoms with E-state index in [-0.39, 0.29) is 16.8 Å². The molecule has 114 valence electrons. The third-order valence-electron chi connectivity index (χ3n) is 2.81. The number of furan rings is 1. The number of hydrogen-bond donors (Lipinski definition) is 1. The number of sulfonamides is 1. The van der Waals surface area contributed by atoms with Gasteiger partial charge in [0.2, 0.25) is 0 Å². The highest BCUT2D eigenvalue weighted by atomic mass is 35.5. The molecule has 0 fully saturated rings. The summed E-state index contributed by atoms with van der Waals surface area (Å²) in [7, 11) is -3.85. The van der Waals surface area contributed by atoms with Crippen molar-refractivity contribution in [1.29, 1.82) is 0 Å². The Labute approximate surface area is 131 Å². The van der Waals surface area contributed by atoms with Crippen molar-refractivity contribution in [3.05, 3.63) is 47.2 Å². The highest BCUT2D eigenvalue weighted by Gasteiger charge is 2.21. The average molecular weight is 340 g/mol. The van der Waals surface area contributed by atoms with Gasteiger partial charge in [0.1, 0.15) is 0 Å². The molecule has 0 aliphatic heterocycles. The number of rotatable bonds is 4. The van der Waals surface area contributed by atoms with Crippen molar-refractivity contribution >= 4 is 27.6 Å². The van der Waals surface area contributed by atoms with Gasteiger partial charge in [-0.3, -0.25) is 0 Å². The summed E-state index contributed by atoms with van der Waals surface area (Å²) in [4.78, 5) is 0.0784. The zero-order valence-electron chi connectivity index (χ0n) is 11.3. The van der Waals surface area contributed by atoms with Crippen LogP contribution in [0.4, 0.5) is 6.01 Å². The summed E-state index contributed by atoms with van der Waals surface area (Å²) in [6, 6.07) is 7.48. The molecule has 0 bridgehead atoms. The van der Waals surface area contributed by atoms with Crippen molar-refractivity contribution in [3.8, 4) is 11.7 Å². The smallest absolute Gasteiger partial charge is 0.330 e. The van der Waals surface area contributed by atoms with Crippen molar-refractivity contribution in [3.63, 3.8) is 0 Å². The molecule has 2 heterocycles. The second-order valence-corrected chi connectivity index (χ2v) is 6.49. The largest absolute Gasteiger partial charge is 0.459 e. The van der Waals surface area contributed by atoms with E-state index in [0.29, 0.717) is 16.3 Å². The fraction of sp³-hybridized carbons (Fsp3) is 0.0769.